The molecular formula is C17H35N7O2. The van der Waals surface area contributed by atoms with E-state index in [1.807, 2.05) is 13.8 Å². The standard InChI is InChI=1S/C17H35N7O2/c1-4-7-8-9-10-21-12-14(20)15(25)22-17(5-2,6-3)24-23-16(26)13(19)11-18/h11-12,21,24H,4-10,18-20H2,1-3H3,(H,22,25)(H,23,26)/b13-11+,14-12+. The molecular weight excluding hydrogens is 334 g/mol. The zero-order valence-corrected chi connectivity index (χ0v) is 16.2. The van der Waals surface area contributed by atoms with E-state index in [4.69, 9.17) is 17.2 Å². The van der Waals surface area contributed by atoms with Gasteiger partial charge in [0.1, 0.15) is 17.1 Å². The van der Waals surface area contributed by atoms with Crippen molar-refractivity contribution in [2.45, 2.75) is 65.0 Å². The van der Waals surface area contributed by atoms with Gasteiger partial charge in [-0.25, -0.2) is 5.43 Å². The second kappa shape index (κ2) is 12.9. The van der Waals surface area contributed by atoms with Gasteiger partial charge >= 0.3 is 0 Å². The highest BCUT2D eigenvalue weighted by molar-refractivity contribution is 5.93. The molecule has 10 N–H and O–H groups in total. The molecule has 0 aliphatic rings. The second-order valence-corrected chi connectivity index (χ2v) is 6.06. The molecule has 0 aromatic rings. The van der Waals surface area contributed by atoms with E-state index in [2.05, 4.69) is 28.4 Å². The van der Waals surface area contributed by atoms with Crippen LogP contribution in [0.15, 0.2) is 23.8 Å². The molecule has 0 heterocycles. The molecule has 0 saturated carbocycles. The number of carbonyl (C=O) groups excluding carboxylic acids is 2. The van der Waals surface area contributed by atoms with Gasteiger partial charge in [-0.2, -0.15) is 0 Å². The van der Waals surface area contributed by atoms with Crippen LogP contribution in [0.4, 0.5) is 0 Å². The normalized spacial score (nSPS) is 12.6. The maximum Gasteiger partial charge on any atom is 0.282 e. The third-order valence-corrected chi connectivity index (χ3v) is 4.11. The minimum Gasteiger partial charge on any atom is -0.403 e. The van der Waals surface area contributed by atoms with Crippen LogP contribution in [0.5, 0.6) is 0 Å². The molecule has 0 aliphatic carbocycles. The van der Waals surface area contributed by atoms with Crippen molar-refractivity contribution >= 4 is 11.8 Å². The minimum absolute atomic E-state index is 0.0706. The van der Waals surface area contributed by atoms with Crippen LogP contribution in [-0.4, -0.2) is 24.0 Å². The topological polar surface area (TPSA) is 160 Å². The molecule has 0 aromatic heterocycles. The Morgan fingerprint density at radius 2 is 1.62 bits per heavy atom. The predicted molar refractivity (Wildman–Crippen MR) is 104 cm³/mol. The fourth-order valence-electron chi connectivity index (χ4n) is 2.15. The van der Waals surface area contributed by atoms with Gasteiger partial charge in [-0.3, -0.25) is 15.0 Å². The molecule has 0 rings (SSSR count). The number of hydrogen-bond acceptors (Lipinski definition) is 7. The summed E-state index contributed by atoms with van der Waals surface area (Å²) in [6.45, 7) is 6.66. The Labute approximate surface area is 156 Å². The predicted octanol–water partition coefficient (Wildman–Crippen LogP) is -0.0315. The Bertz CT molecular complexity index is 499. The van der Waals surface area contributed by atoms with E-state index in [-0.39, 0.29) is 11.4 Å². The van der Waals surface area contributed by atoms with Crippen LogP contribution < -0.4 is 38.7 Å². The first-order valence-corrected chi connectivity index (χ1v) is 9.12. The van der Waals surface area contributed by atoms with Crippen molar-refractivity contribution in [2.75, 3.05) is 6.54 Å². The number of unbranched alkanes of at least 4 members (excludes halogenated alkanes) is 3. The van der Waals surface area contributed by atoms with E-state index >= 15 is 0 Å². The lowest BCUT2D eigenvalue weighted by Gasteiger charge is -2.34. The third kappa shape index (κ3) is 8.61. The summed E-state index contributed by atoms with van der Waals surface area (Å²) in [6.07, 6.45) is 8.07. The molecule has 26 heavy (non-hydrogen) atoms. The molecule has 0 bridgehead atoms. The third-order valence-electron chi connectivity index (χ3n) is 4.11. The van der Waals surface area contributed by atoms with Gasteiger partial charge in [0.25, 0.3) is 11.8 Å². The quantitative estimate of drug-likeness (QED) is 0.104. The second-order valence-electron chi connectivity index (χ2n) is 6.06. The van der Waals surface area contributed by atoms with Crippen LogP contribution in [0.3, 0.4) is 0 Å². The van der Waals surface area contributed by atoms with Gasteiger partial charge in [0.05, 0.1) is 0 Å². The summed E-state index contributed by atoms with van der Waals surface area (Å²) in [5.74, 6) is -1.01. The Kier molecular flexibility index (Phi) is 11.7. The summed E-state index contributed by atoms with van der Waals surface area (Å²) in [4.78, 5) is 24.0. The molecule has 0 spiro atoms. The Morgan fingerprint density at radius 3 is 2.15 bits per heavy atom. The lowest BCUT2D eigenvalue weighted by Crippen LogP contribution is -2.64. The van der Waals surface area contributed by atoms with E-state index in [1.54, 1.807) is 0 Å². The molecule has 9 heteroatoms. The number of rotatable bonds is 13. The van der Waals surface area contributed by atoms with Gasteiger partial charge in [0.2, 0.25) is 0 Å². The monoisotopic (exact) mass is 369 g/mol. The number of amides is 2. The Balaban J connectivity index is 4.66. The average molecular weight is 370 g/mol. The van der Waals surface area contributed by atoms with Crippen molar-refractivity contribution in [3.8, 4) is 0 Å². The molecule has 0 fully saturated rings. The highest BCUT2D eigenvalue weighted by Gasteiger charge is 2.29. The van der Waals surface area contributed by atoms with Crippen molar-refractivity contribution in [3.05, 3.63) is 23.8 Å². The summed E-state index contributed by atoms with van der Waals surface area (Å²) in [5.41, 5.74) is 20.8. The van der Waals surface area contributed by atoms with Gasteiger partial charge < -0.3 is 27.8 Å². The summed E-state index contributed by atoms with van der Waals surface area (Å²) in [6, 6.07) is 0. The van der Waals surface area contributed by atoms with Crippen molar-refractivity contribution in [1.29, 1.82) is 0 Å². The van der Waals surface area contributed by atoms with E-state index in [0.29, 0.717) is 12.8 Å². The molecule has 150 valence electrons. The van der Waals surface area contributed by atoms with Gasteiger partial charge in [-0.1, -0.05) is 40.0 Å². The van der Waals surface area contributed by atoms with Gasteiger partial charge in [-0.15, -0.1) is 0 Å². The first-order valence-electron chi connectivity index (χ1n) is 9.12. The largest absolute Gasteiger partial charge is 0.403 e. The number of nitrogens with two attached hydrogens (primary N) is 3. The SMILES string of the molecule is CCCCCCN/C=C(/N)C(=O)NC(CC)(CC)NNC(=O)/C(N)=C\N. The minimum atomic E-state index is -0.860. The van der Waals surface area contributed by atoms with Gasteiger partial charge in [-0.05, 0) is 19.3 Å². The van der Waals surface area contributed by atoms with Crippen LogP contribution >= 0.6 is 0 Å². The zero-order valence-electron chi connectivity index (χ0n) is 16.2. The fourth-order valence-corrected chi connectivity index (χ4v) is 2.15. The number of nitrogens with one attached hydrogen (secondary N) is 4. The first kappa shape index (κ1) is 23.6. The lowest BCUT2D eigenvalue weighted by molar-refractivity contribution is -0.123. The van der Waals surface area contributed by atoms with Crippen LogP contribution in [0, 0.1) is 0 Å². The maximum atomic E-state index is 12.3. The smallest absolute Gasteiger partial charge is 0.282 e. The number of hydrazine groups is 1. The van der Waals surface area contributed by atoms with Crippen molar-refractivity contribution < 1.29 is 9.59 Å². The number of carbonyl (C=O) groups is 2. The summed E-state index contributed by atoms with van der Waals surface area (Å²) < 4.78 is 0. The molecule has 0 atom stereocenters. The molecule has 0 unspecified atom stereocenters. The molecule has 0 radical (unpaired) electrons. The van der Waals surface area contributed by atoms with Crippen molar-refractivity contribution in [2.24, 2.45) is 17.2 Å². The van der Waals surface area contributed by atoms with E-state index in [1.165, 1.54) is 19.0 Å². The van der Waals surface area contributed by atoms with E-state index < -0.39 is 17.5 Å². The zero-order chi connectivity index (χ0) is 20.0. The van der Waals surface area contributed by atoms with Crippen LogP contribution in [0.2, 0.25) is 0 Å². The van der Waals surface area contributed by atoms with Gasteiger partial charge in [0.15, 0.2) is 0 Å². The average Bonchev–Trinajstić information content (AvgIpc) is 2.66. The molecule has 2 amide bonds. The molecule has 0 saturated heterocycles. The summed E-state index contributed by atoms with van der Waals surface area (Å²) in [7, 11) is 0. The number of hydrogen-bond donors (Lipinski definition) is 7. The van der Waals surface area contributed by atoms with Crippen LogP contribution in [0.25, 0.3) is 0 Å². The van der Waals surface area contributed by atoms with E-state index in [0.717, 1.165) is 25.6 Å². The summed E-state index contributed by atoms with van der Waals surface area (Å²) >= 11 is 0. The van der Waals surface area contributed by atoms with Crippen LogP contribution in [0.1, 0.15) is 59.3 Å². The Morgan fingerprint density at radius 1 is 0.962 bits per heavy atom. The molecule has 0 aliphatic heterocycles. The lowest BCUT2D eigenvalue weighted by atomic mass is 10.0. The summed E-state index contributed by atoms with van der Waals surface area (Å²) in [5, 5.41) is 5.86. The highest BCUT2D eigenvalue weighted by atomic mass is 16.2. The fraction of sp³-hybridized carbons (Fsp3) is 0.647. The van der Waals surface area contributed by atoms with E-state index in [9.17, 15) is 9.59 Å². The van der Waals surface area contributed by atoms with Crippen molar-refractivity contribution in [3.63, 3.8) is 0 Å². The first-order chi connectivity index (χ1) is 12.4. The highest BCUT2D eigenvalue weighted by Crippen LogP contribution is 2.10. The maximum absolute atomic E-state index is 12.3. The van der Waals surface area contributed by atoms with Gasteiger partial charge in [0, 0.05) is 18.9 Å². The van der Waals surface area contributed by atoms with Crippen LogP contribution in [-0.2, 0) is 9.59 Å². The Hall–Kier alpha value is -2.42. The molecule has 0 aromatic carbocycles. The van der Waals surface area contributed by atoms with Crippen molar-refractivity contribution in [1.82, 2.24) is 21.5 Å². The molecule has 9 nitrogen and oxygen atoms in total.